The zero-order valence-electron chi connectivity index (χ0n) is 17.1. The van der Waals surface area contributed by atoms with Gasteiger partial charge in [-0.3, -0.25) is 9.59 Å². The topological polar surface area (TPSA) is 63.6 Å². The van der Waals surface area contributed by atoms with Crippen molar-refractivity contribution in [2.24, 2.45) is 17.3 Å². The Morgan fingerprint density at radius 1 is 1.27 bits per heavy atom. The van der Waals surface area contributed by atoms with Crippen molar-refractivity contribution < 1.29 is 19.4 Å². The Bertz CT molecular complexity index is 630. The Balaban J connectivity index is 2.45. The number of ketones is 1. The molecule has 0 spiro atoms. The molecule has 0 aliphatic heterocycles. The number of carbonyl (C=O) groups excluding carboxylic acids is 2. The second kappa shape index (κ2) is 7.67. The number of carbonyl (C=O) groups is 2. The average molecular weight is 363 g/mol. The number of hydrogen-bond donors (Lipinski definition) is 1. The van der Waals surface area contributed by atoms with E-state index in [0.29, 0.717) is 18.4 Å². The van der Waals surface area contributed by atoms with E-state index < -0.39 is 5.60 Å². The smallest absolute Gasteiger partial charge is 0.303 e. The van der Waals surface area contributed by atoms with Crippen LogP contribution in [0, 0.1) is 17.3 Å². The molecule has 0 heterocycles. The van der Waals surface area contributed by atoms with Crippen LogP contribution in [0.4, 0.5) is 0 Å². The molecule has 0 aromatic rings. The van der Waals surface area contributed by atoms with Gasteiger partial charge in [0, 0.05) is 25.7 Å². The molecular weight excluding hydrogens is 328 g/mol. The number of hydrogen-bond acceptors (Lipinski definition) is 4. The highest BCUT2D eigenvalue weighted by Gasteiger charge is 2.55. The van der Waals surface area contributed by atoms with Crippen molar-refractivity contribution in [3.63, 3.8) is 0 Å². The van der Waals surface area contributed by atoms with E-state index in [9.17, 15) is 14.7 Å². The molecule has 1 saturated carbocycles. The molecule has 26 heavy (non-hydrogen) atoms. The van der Waals surface area contributed by atoms with Crippen LogP contribution in [-0.4, -0.2) is 28.6 Å². The summed E-state index contributed by atoms with van der Waals surface area (Å²) in [5.74, 6) is -0.187. The number of allylic oxidation sites excluding steroid dienone is 2. The van der Waals surface area contributed by atoms with Crippen molar-refractivity contribution in [3.05, 3.63) is 23.3 Å². The van der Waals surface area contributed by atoms with Crippen molar-refractivity contribution in [2.75, 3.05) is 0 Å². The lowest BCUT2D eigenvalue weighted by atomic mass is 9.67. The van der Waals surface area contributed by atoms with Crippen LogP contribution in [0.25, 0.3) is 0 Å². The predicted molar refractivity (Wildman–Crippen MR) is 103 cm³/mol. The van der Waals surface area contributed by atoms with Gasteiger partial charge in [0.1, 0.15) is 6.10 Å². The lowest BCUT2D eigenvalue weighted by Gasteiger charge is -2.40. The minimum atomic E-state index is -0.810. The third-order valence-electron chi connectivity index (χ3n) is 6.71. The SMILES string of the molecule is CC(=O)O[C@@H]1C/C=C(/C)C(=O)C[C@H]2[C@](C)(C/C=C/1C)CC[C@]2(O)C(C)C. The quantitative estimate of drug-likeness (QED) is 0.585. The molecule has 4 heteroatoms. The minimum absolute atomic E-state index is 0.0693. The maximum Gasteiger partial charge on any atom is 0.303 e. The highest BCUT2D eigenvalue weighted by molar-refractivity contribution is 5.95. The normalized spacial score (nSPS) is 40.1. The monoisotopic (exact) mass is 362 g/mol. The molecule has 0 saturated heterocycles. The van der Waals surface area contributed by atoms with E-state index in [1.165, 1.54) is 6.92 Å². The summed E-state index contributed by atoms with van der Waals surface area (Å²) >= 11 is 0. The second-order valence-corrected chi connectivity index (χ2v) is 8.85. The van der Waals surface area contributed by atoms with Crippen LogP contribution < -0.4 is 0 Å². The van der Waals surface area contributed by atoms with Gasteiger partial charge in [0.15, 0.2) is 5.78 Å². The molecule has 146 valence electrons. The first-order chi connectivity index (χ1) is 12.0. The molecular formula is C22H34O4. The first-order valence-corrected chi connectivity index (χ1v) is 9.76. The number of esters is 1. The summed E-state index contributed by atoms with van der Waals surface area (Å²) < 4.78 is 5.47. The van der Waals surface area contributed by atoms with Gasteiger partial charge in [-0.25, -0.2) is 0 Å². The summed E-state index contributed by atoms with van der Waals surface area (Å²) in [6.07, 6.45) is 6.97. The van der Waals surface area contributed by atoms with Crippen LogP contribution in [0.5, 0.6) is 0 Å². The largest absolute Gasteiger partial charge is 0.458 e. The highest BCUT2D eigenvalue weighted by Crippen LogP contribution is 2.56. The number of ether oxygens (including phenoxy) is 1. The molecule has 0 aromatic heterocycles. The summed E-state index contributed by atoms with van der Waals surface area (Å²) in [5, 5.41) is 11.4. The molecule has 2 aliphatic carbocycles. The lowest BCUT2D eigenvalue weighted by molar-refractivity contribution is -0.144. The van der Waals surface area contributed by atoms with E-state index in [1.54, 1.807) is 0 Å². The van der Waals surface area contributed by atoms with E-state index in [1.807, 2.05) is 33.8 Å². The van der Waals surface area contributed by atoms with E-state index in [2.05, 4.69) is 13.0 Å². The van der Waals surface area contributed by atoms with Crippen LogP contribution in [-0.2, 0) is 14.3 Å². The maximum atomic E-state index is 12.8. The zero-order valence-corrected chi connectivity index (χ0v) is 17.1. The molecule has 1 N–H and O–H groups in total. The zero-order chi connectivity index (χ0) is 19.7. The third-order valence-corrected chi connectivity index (χ3v) is 6.71. The van der Waals surface area contributed by atoms with Crippen LogP contribution >= 0.6 is 0 Å². The first kappa shape index (κ1) is 20.9. The van der Waals surface area contributed by atoms with Crippen molar-refractivity contribution in [1.82, 2.24) is 0 Å². The van der Waals surface area contributed by atoms with Gasteiger partial charge in [-0.05, 0) is 55.6 Å². The molecule has 0 aromatic carbocycles. The van der Waals surface area contributed by atoms with E-state index in [4.69, 9.17) is 4.74 Å². The van der Waals surface area contributed by atoms with E-state index in [0.717, 1.165) is 24.8 Å². The van der Waals surface area contributed by atoms with Crippen LogP contribution in [0.1, 0.15) is 73.6 Å². The second-order valence-electron chi connectivity index (χ2n) is 8.85. The third kappa shape index (κ3) is 4.11. The molecule has 0 radical (unpaired) electrons. The summed E-state index contributed by atoms with van der Waals surface area (Å²) in [7, 11) is 0. The van der Waals surface area contributed by atoms with Gasteiger partial charge < -0.3 is 9.84 Å². The fourth-order valence-electron chi connectivity index (χ4n) is 4.59. The number of rotatable bonds is 2. The van der Waals surface area contributed by atoms with E-state index in [-0.39, 0.29) is 35.1 Å². The van der Waals surface area contributed by atoms with Gasteiger partial charge >= 0.3 is 5.97 Å². The summed E-state index contributed by atoms with van der Waals surface area (Å²) in [6, 6.07) is 0. The Hall–Kier alpha value is -1.42. The van der Waals surface area contributed by atoms with E-state index >= 15 is 0 Å². The number of aliphatic hydroxyl groups is 1. The van der Waals surface area contributed by atoms with Gasteiger partial charge in [0.25, 0.3) is 0 Å². The van der Waals surface area contributed by atoms with Gasteiger partial charge in [0.05, 0.1) is 5.60 Å². The van der Waals surface area contributed by atoms with Crippen LogP contribution in [0.15, 0.2) is 23.3 Å². The molecule has 0 bridgehead atoms. The fraction of sp³-hybridized carbons (Fsp3) is 0.727. The Kier molecular flexibility index (Phi) is 6.17. The van der Waals surface area contributed by atoms with Crippen molar-refractivity contribution in [1.29, 1.82) is 0 Å². The van der Waals surface area contributed by atoms with Gasteiger partial charge in [-0.2, -0.15) is 0 Å². The number of Topliss-reactive ketones (excluding diaryl/α,β-unsaturated/α-hetero) is 1. The minimum Gasteiger partial charge on any atom is -0.458 e. The Labute approximate surface area is 157 Å². The Morgan fingerprint density at radius 2 is 1.92 bits per heavy atom. The lowest BCUT2D eigenvalue weighted by Crippen LogP contribution is -2.44. The number of fused-ring (bicyclic) bond motifs is 1. The summed E-state index contributed by atoms with van der Waals surface area (Å²) in [6.45, 7) is 11.5. The standard InChI is InChI=1S/C22H34O4/c1-14(2)22(25)12-11-21(6)10-9-16(4)19(26-17(5)23)8-7-15(3)18(24)13-20(21)22/h7,9,14,19-20,25H,8,10-13H2,1-6H3/b15-7-,16-9+/t19-,20+,21-,22+/m1/s1. The van der Waals surface area contributed by atoms with Gasteiger partial charge in [-0.1, -0.05) is 32.9 Å². The average Bonchev–Trinajstić information content (AvgIpc) is 2.81. The molecule has 0 unspecified atom stereocenters. The van der Waals surface area contributed by atoms with Gasteiger partial charge in [-0.15, -0.1) is 0 Å². The van der Waals surface area contributed by atoms with Crippen LogP contribution in [0.3, 0.4) is 0 Å². The van der Waals surface area contributed by atoms with Crippen molar-refractivity contribution in [2.45, 2.75) is 85.4 Å². The highest BCUT2D eigenvalue weighted by atomic mass is 16.5. The molecule has 1 fully saturated rings. The predicted octanol–water partition coefficient (Wildman–Crippen LogP) is 4.37. The first-order valence-electron chi connectivity index (χ1n) is 9.76. The summed E-state index contributed by atoms with van der Waals surface area (Å²) in [4.78, 5) is 24.3. The maximum absolute atomic E-state index is 12.8. The van der Waals surface area contributed by atoms with Gasteiger partial charge in [0.2, 0.25) is 0 Å². The van der Waals surface area contributed by atoms with Crippen LogP contribution in [0.2, 0.25) is 0 Å². The Morgan fingerprint density at radius 3 is 2.50 bits per heavy atom. The molecule has 4 atom stereocenters. The van der Waals surface area contributed by atoms with Crippen molar-refractivity contribution in [3.8, 4) is 0 Å². The summed E-state index contributed by atoms with van der Waals surface area (Å²) in [5.41, 5.74) is 0.757. The molecule has 4 nitrogen and oxygen atoms in total. The molecule has 2 aliphatic rings. The molecule has 0 amide bonds. The van der Waals surface area contributed by atoms with Crippen molar-refractivity contribution >= 4 is 11.8 Å². The molecule has 2 rings (SSSR count). The fourth-order valence-corrected chi connectivity index (χ4v) is 4.59.